The predicted octanol–water partition coefficient (Wildman–Crippen LogP) is 2.59. The standard InChI is InChI=1S/C23H26N6O/c24-14-17-3-5-19(6-4-17)28-10-8-27(9-11-28)16-18-12-21-23(25-15-18)29-7-1-2-20(29)13-22(30)26-21/h3-6,12,15,20H,1-2,7-11,13,16H2,(H,26,30). The van der Waals surface area contributed by atoms with Gasteiger partial charge in [-0.3, -0.25) is 9.69 Å². The van der Waals surface area contributed by atoms with Crippen LogP contribution < -0.4 is 15.1 Å². The van der Waals surface area contributed by atoms with Crippen LogP contribution in [0, 0.1) is 11.3 Å². The summed E-state index contributed by atoms with van der Waals surface area (Å²) in [6.45, 7) is 5.67. The van der Waals surface area contributed by atoms with Gasteiger partial charge in [-0.2, -0.15) is 5.26 Å². The molecule has 154 valence electrons. The van der Waals surface area contributed by atoms with E-state index in [0.29, 0.717) is 18.0 Å². The lowest BCUT2D eigenvalue weighted by Gasteiger charge is -2.36. The highest BCUT2D eigenvalue weighted by Crippen LogP contribution is 2.35. The van der Waals surface area contributed by atoms with Gasteiger partial charge < -0.3 is 15.1 Å². The highest BCUT2D eigenvalue weighted by molar-refractivity contribution is 5.96. The lowest BCUT2D eigenvalue weighted by Crippen LogP contribution is -2.46. The Morgan fingerprint density at radius 3 is 2.70 bits per heavy atom. The molecule has 1 atom stereocenters. The number of nitrogens with zero attached hydrogens (tertiary/aromatic N) is 5. The van der Waals surface area contributed by atoms with E-state index in [2.05, 4.69) is 32.2 Å². The number of amides is 1. The molecule has 0 radical (unpaired) electrons. The summed E-state index contributed by atoms with van der Waals surface area (Å²) in [6, 6.07) is 12.4. The van der Waals surface area contributed by atoms with E-state index in [-0.39, 0.29) is 5.91 Å². The summed E-state index contributed by atoms with van der Waals surface area (Å²) in [5, 5.41) is 12.0. The Bertz CT molecular complexity index is 974. The molecule has 1 aromatic carbocycles. The number of rotatable bonds is 3. The van der Waals surface area contributed by atoms with Gasteiger partial charge in [-0.15, -0.1) is 0 Å². The highest BCUT2D eigenvalue weighted by atomic mass is 16.1. The number of fused-ring (bicyclic) bond motifs is 3. The molecule has 1 amide bonds. The van der Waals surface area contributed by atoms with Crippen LogP contribution >= 0.6 is 0 Å². The van der Waals surface area contributed by atoms with Crippen molar-refractivity contribution in [2.45, 2.75) is 31.8 Å². The number of nitriles is 1. The molecule has 2 fully saturated rings. The van der Waals surface area contributed by atoms with Crippen LogP contribution in [0.15, 0.2) is 36.5 Å². The van der Waals surface area contributed by atoms with Crippen LogP contribution in [0.4, 0.5) is 17.2 Å². The van der Waals surface area contributed by atoms with Gasteiger partial charge in [0.2, 0.25) is 5.91 Å². The summed E-state index contributed by atoms with van der Waals surface area (Å²) in [7, 11) is 0. The number of carbonyl (C=O) groups excluding carboxylic acids is 1. The molecule has 30 heavy (non-hydrogen) atoms. The Balaban J connectivity index is 1.24. The second-order valence-electron chi connectivity index (χ2n) is 8.38. The minimum Gasteiger partial charge on any atom is -0.369 e. The number of nitrogens with one attached hydrogen (secondary N) is 1. The topological polar surface area (TPSA) is 75.5 Å². The molecular formula is C23H26N6O. The van der Waals surface area contributed by atoms with Crippen molar-refractivity contribution >= 4 is 23.1 Å². The molecule has 0 spiro atoms. The minimum atomic E-state index is 0.0978. The Morgan fingerprint density at radius 2 is 1.93 bits per heavy atom. The quantitative estimate of drug-likeness (QED) is 0.851. The van der Waals surface area contributed by atoms with E-state index >= 15 is 0 Å². The number of hydrogen-bond donors (Lipinski definition) is 1. The number of aromatic nitrogens is 1. The first kappa shape index (κ1) is 18.9. The molecule has 1 unspecified atom stereocenters. The number of benzene rings is 1. The molecule has 5 rings (SSSR count). The summed E-state index contributed by atoms with van der Waals surface area (Å²) in [6.07, 6.45) is 4.73. The van der Waals surface area contributed by atoms with Crippen molar-refractivity contribution in [3.8, 4) is 6.07 Å². The van der Waals surface area contributed by atoms with Crippen LogP contribution in [0.5, 0.6) is 0 Å². The molecule has 0 aliphatic carbocycles. The average molecular weight is 403 g/mol. The first-order valence-electron chi connectivity index (χ1n) is 10.7. The SMILES string of the molecule is N#Cc1ccc(N2CCN(Cc3cnc4c(c3)NC(=O)CC3CCCN43)CC2)cc1. The summed E-state index contributed by atoms with van der Waals surface area (Å²) in [5.41, 5.74) is 3.86. The van der Waals surface area contributed by atoms with Crippen LogP contribution in [-0.2, 0) is 11.3 Å². The molecule has 7 nitrogen and oxygen atoms in total. The maximum absolute atomic E-state index is 12.3. The van der Waals surface area contributed by atoms with Crippen molar-refractivity contribution in [1.82, 2.24) is 9.88 Å². The zero-order valence-corrected chi connectivity index (χ0v) is 17.0. The Labute approximate surface area is 176 Å². The summed E-state index contributed by atoms with van der Waals surface area (Å²) < 4.78 is 0. The Morgan fingerprint density at radius 1 is 1.13 bits per heavy atom. The van der Waals surface area contributed by atoms with Crippen LogP contribution in [0.3, 0.4) is 0 Å². The Kier molecular flexibility index (Phi) is 5.01. The zero-order valence-electron chi connectivity index (χ0n) is 17.0. The van der Waals surface area contributed by atoms with E-state index in [4.69, 9.17) is 10.2 Å². The van der Waals surface area contributed by atoms with Gasteiger partial charge in [0.25, 0.3) is 0 Å². The lowest BCUT2D eigenvalue weighted by molar-refractivity contribution is -0.116. The lowest BCUT2D eigenvalue weighted by atomic mass is 10.1. The molecule has 0 bridgehead atoms. The van der Waals surface area contributed by atoms with Crippen molar-refractivity contribution < 1.29 is 4.79 Å². The van der Waals surface area contributed by atoms with Crippen molar-refractivity contribution in [2.24, 2.45) is 0 Å². The van der Waals surface area contributed by atoms with E-state index in [9.17, 15) is 4.79 Å². The summed E-state index contributed by atoms with van der Waals surface area (Å²) in [4.78, 5) is 24.1. The van der Waals surface area contributed by atoms with Crippen molar-refractivity contribution in [2.75, 3.05) is 47.8 Å². The molecule has 7 heteroatoms. The first-order chi connectivity index (χ1) is 14.7. The predicted molar refractivity (Wildman–Crippen MR) is 116 cm³/mol. The van der Waals surface area contributed by atoms with Crippen LogP contribution in [0.2, 0.25) is 0 Å². The molecule has 1 N–H and O–H groups in total. The van der Waals surface area contributed by atoms with Gasteiger partial charge in [-0.05, 0) is 48.7 Å². The van der Waals surface area contributed by atoms with E-state index < -0.39 is 0 Å². The fourth-order valence-corrected chi connectivity index (χ4v) is 4.82. The third-order valence-corrected chi connectivity index (χ3v) is 6.41. The summed E-state index contributed by atoms with van der Waals surface area (Å²) >= 11 is 0. The van der Waals surface area contributed by atoms with Crippen LogP contribution in [0.1, 0.15) is 30.4 Å². The van der Waals surface area contributed by atoms with E-state index in [1.165, 1.54) is 5.69 Å². The second kappa shape index (κ2) is 7.96. The maximum atomic E-state index is 12.3. The number of hydrogen-bond acceptors (Lipinski definition) is 6. The molecule has 1 aromatic heterocycles. The van der Waals surface area contributed by atoms with Gasteiger partial charge in [0.05, 0.1) is 17.3 Å². The molecule has 2 aromatic rings. The fraction of sp³-hybridized carbons (Fsp3) is 0.435. The van der Waals surface area contributed by atoms with E-state index in [1.54, 1.807) is 0 Å². The second-order valence-corrected chi connectivity index (χ2v) is 8.38. The number of anilines is 3. The van der Waals surface area contributed by atoms with Gasteiger partial charge in [-0.25, -0.2) is 4.98 Å². The summed E-state index contributed by atoms with van der Waals surface area (Å²) in [5.74, 6) is 1.03. The molecular weight excluding hydrogens is 376 g/mol. The van der Waals surface area contributed by atoms with Crippen LogP contribution in [0.25, 0.3) is 0 Å². The monoisotopic (exact) mass is 402 g/mol. The number of carbonyl (C=O) groups is 1. The van der Waals surface area contributed by atoms with Gasteiger partial charge in [0.15, 0.2) is 5.82 Å². The first-order valence-corrected chi connectivity index (χ1v) is 10.7. The Hall–Kier alpha value is -3.11. The molecule has 4 heterocycles. The zero-order chi connectivity index (χ0) is 20.5. The van der Waals surface area contributed by atoms with Gasteiger partial charge in [0.1, 0.15) is 0 Å². The fourth-order valence-electron chi connectivity index (χ4n) is 4.82. The third kappa shape index (κ3) is 3.71. The van der Waals surface area contributed by atoms with E-state index in [0.717, 1.165) is 69.2 Å². The number of pyridine rings is 1. The minimum absolute atomic E-state index is 0.0978. The van der Waals surface area contributed by atoms with Crippen LogP contribution in [-0.4, -0.2) is 54.6 Å². The molecule has 2 saturated heterocycles. The van der Waals surface area contributed by atoms with Gasteiger partial charge in [-0.1, -0.05) is 0 Å². The average Bonchev–Trinajstić information content (AvgIpc) is 3.17. The molecule has 3 aliphatic rings. The smallest absolute Gasteiger partial charge is 0.226 e. The van der Waals surface area contributed by atoms with E-state index in [1.807, 2.05) is 30.5 Å². The largest absolute Gasteiger partial charge is 0.369 e. The molecule has 3 aliphatic heterocycles. The van der Waals surface area contributed by atoms with Gasteiger partial charge in [0, 0.05) is 63.6 Å². The third-order valence-electron chi connectivity index (χ3n) is 6.41. The highest BCUT2D eigenvalue weighted by Gasteiger charge is 2.32. The van der Waals surface area contributed by atoms with Crippen molar-refractivity contribution in [3.05, 3.63) is 47.7 Å². The molecule has 0 saturated carbocycles. The normalized spacial score (nSPS) is 21.4. The van der Waals surface area contributed by atoms with Crippen molar-refractivity contribution in [1.29, 1.82) is 5.26 Å². The van der Waals surface area contributed by atoms with Crippen molar-refractivity contribution in [3.63, 3.8) is 0 Å². The van der Waals surface area contributed by atoms with Gasteiger partial charge >= 0.3 is 0 Å². The maximum Gasteiger partial charge on any atom is 0.226 e. The number of piperazine rings is 1.